The first-order chi connectivity index (χ1) is 14.7. The van der Waals surface area contributed by atoms with Gasteiger partial charge < -0.3 is 10.1 Å². The molecule has 2 amide bonds. The maximum Gasteiger partial charge on any atom is 0.309 e. The molecule has 4 rings (SSSR count). The van der Waals surface area contributed by atoms with Crippen molar-refractivity contribution in [2.45, 2.75) is 71.4 Å². The van der Waals surface area contributed by atoms with Crippen molar-refractivity contribution in [1.29, 1.82) is 0 Å². The van der Waals surface area contributed by atoms with Gasteiger partial charge in [0.2, 0.25) is 11.8 Å². The predicted octanol–water partition coefficient (Wildman–Crippen LogP) is 3.02. The summed E-state index contributed by atoms with van der Waals surface area (Å²) in [6.45, 7) is 9.79. The Labute approximate surface area is 184 Å². The minimum Gasteiger partial charge on any atom is -0.460 e. The van der Waals surface area contributed by atoms with Crippen molar-refractivity contribution in [3.05, 3.63) is 29.3 Å². The zero-order valence-electron chi connectivity index (χ0n) is 19.0. The van der Waals surface area contributed by atoms with E-state index in [0.29, 0.717) is 19.3 Å². The van der Waals surface area contributed by atoms with E-state index in [0.717, 1.165) is 45.4 Å². The molecule has 1 aromatic rings. The number of benzene rings is 1. The summed E-state index contributed by atoms with van der Waals surface area (Å²) < 4.78 is 5.53. The summed E-state index contributed by atoms with van der Waals surface area (Å²) in [5.74, 6) is -0.238. The maximum atomic E-state index is 12.2. The molecule has 7 nitrogen and oxygen atoms in total. The van der Waals surface area contributed by atoms with Gasteiger partial charge in [-0.2, -0.15) is 0 Å². The molecular weight excluding hydrogens is 394 g/mol. The second-order valence-electron chi connectivity index (χ2n) is 9.53. The summed E-state index contributed by atoms with van der Waals surface area (Å²) in [5.41, 5.74) is 3.82. The molecule has 0 radical (unpaired) electrons. The van der Waals surface area contributed by atoms with Crippen LogP contribution in [0.25, 0.3) is 0 Å². The van der Waals surface area contributed by atoms with Gasteiger partial charge in [-0.15, -0.1) is 0 Å². The van der Waals surface area contributed by atoms with Crippen LogP contribution in [0, 0.1) is 5.92 Å². The average molecular weight is 430 g/mol. The molecule has 2 fully saturated rings. The molecule has 2 N–H and O–H groups in total. The van der Waals surface area contributed by atoms with Gasteiger partial charge in [0.25, 0.3) is 0 Å². The van der Waals surface area contributed by atoms with Gasteiger partial charge in [-0.05, 0) is 76.7 Å². The van der Waals surface area contributed by atoms with Crippen molar-refractivity contribution in [2.75, 3.05) is 25.0 Å². The number of ether oxygens (including phenoxy) is 1. The number of esters is 1. The van der Waals surface area contributed by atoms with E-state index >= 15 is 0 Å². The Balaban J connectivity index is 0.000000287. The first-order valence-electron chi connectivity index (χ1n) is 11.3. The molecule has 7 heteroatoms. The minimum atomic E-state index is -0.383. The molecule has 3 aliphatic rings. The number of nitrogens with one attached hydrogen (secondary N) is 2. The van der Waals surface area contributed by atoms with Crippen LogP contribution in [-0.4, -0.2) is 47.9 Å². The van der Waals surface area contributed by atoms with Gasteiger partial charge >= 0.3 is 5.97 Å². The number of hydrogen-bond donors (Lipinski definition) is 2. The lowest BCUT2D eigenvalue weighted by Gasteiger charge is -2.32. The first-order valence-corrected chi connectivity index (χ1v) is 11.3. The van der Waals surface area contributed by atoms with Crippen molar-refractivity contribution < 1.29 is 19.1 Å². The van der Waals surface area contributed by atoms with Crippen LogP contribution < -0.4 is 10.6 Å². The molecule has 0 aromatic heterocycles. The van der Waals surface area contributed by atoms with Gasteiger partial charge in [0, 0.05) is 31.6 Å². The molecule has 0 saturated carbocycles. The molecule has 0 bridgehead atoms. The highest BCUT2D eigenvalue weighted by atomic mass is 16.6. The largest absolute Gasteiger partial charge is 0.460 e. The standard InChI is InChI=1S/C19H28N2O2.C5H7NO2/c1-19(2,3)23-18(22)14-8-11-21(12-9-14)13-15-5-4-6-17-16(15)7-10-20-17;7-4-2-1-3-5(8)6-4/h4-6,14,20H,7-13H2,1-3H3;1-3H2,(H,6,7,8). The zero-order chi connectivity index (χ0) is 22.4. The Kier molecular flexibility index (Phi) is 7.70. The summed E-state index contributed by atoms with van der Waals surface area (Å²) >= 11 is 0. The Bertz CT molecular complexity index is 794. The van der Waals surface area contributed by atoms with Crippen molar-refractivity contribution in [3.63, 3.8) is 0 Å². The monoisotopic (exact) mass is 429 g/mol. The van der Waals surface area contributed by atoms with Gasteiger partial charge in [0.05, 0.1) is 5.92 Å². The summed E-state index contributed by atoms with van der Waals surface area (Å²) in [7, 11) is 0. The number of imide groups is 1. The summed E-state index contributed by atoms with van der Waals surface area (Å²) in [6, 6.07) is 6.55. The molecule has 3 aliphatic heterocycles. The molecule has 31 heavy (non-hydrogen) atoms. The Morgan fingerprint density at radius 2 is 1.77 bits per heavy atom. The number of carbonyl (C=O) groups excluding carboxylic acids is 3. The van der Waals surface area contributed by atoms with Crippen molar-refractivity contribution in [2.24, 2.45) is 5.92 Å². The molecule has 3 heterocycles. The normalized spacial score (nSPS) is 19.6. The number of piperidine rings is 2. The molecule has 0 unspecified atom stereocenters. The van der Waals surface area contributed by atoms with Crippen LogP contribution in [0.1, 0.15) is 64.0 Å². The lowest BCUT2D eigenvalue weighted by atomic mass is 9.95. The molecule has 0 aliphatic carbocycles. The number of fused-ring (bicyclic) bond motifs is 1. The smallest absolute Gasteiger partial charge is 0.309 e. The Morgan fingerprint density at radius 1 is 1.10 bits per heavy atom. The number of rotatable bonds is 3. The third-order valence-electron chi connectivity index (χ3n) is 5.77. The van der Waals surface area contributed by atoms with Crippen LogP contribution in [0.5, 0.6) is 0 Å². The molecular formula is C24H35N3O4. The van der Waals surface area contributed by atoms with Crippen LogP contribution in [0.3, 0.4) is 0 Å². The van der Waals surface area contributed by atoms with Gasteiger partial charge in [-0.3, -0.25) is 24.6 Å². The SMILES string of the molecule is CC(C)(C)OC(=O)C1CCN(Cc2cccc3c2CCN3)CC1.O=C1CCCC(=O)N1. The Hall–Kier alpha value is -2.41. The third kappa shape index (κ3) is 7.06. The lowest BCUT2D eigenvalue weighted by molar-refractivity contribution is -0.161. The van der Waals surface area contributed by atoms with Crippen LogP contribution in [-0.2, 0) is 32.1 Å². The summed E-state index contributed by atoms with van der Waals surface area (Å²) in [4.78, 5) is 35.3. The van der Waals surface area contributed by atoms with Gasteiger partial charge in [-0.25, -0.2) is 0 Å². The maximum absolute atomic E-state index is 12.2. The highest BCUT2D eigenvalue weighted by Crippen LogP contribution is 2.28. The molecule has 1 aromatic carbocycles. The highest BCUT2D eigenvalue weighted by Gasteiger charge is 2.29. The van der Waals surface area contributed by atoms with Crippen LogP contribution in [0.15, 0.2) is 18.2 Å². The van der Waals surface area contributed by atoms with Gasteiger partial charge in [0.15, 0.2) is 0 Å². The van der Waals surface area contributed by atoms with E-state index in [2.05, 4.69) is 33.7 Å². The lowest BCUT2D eigenvalue weighted by Crippen LogP contribution is -2.38. The quantitative estimate of drug-likeness (QED) is 0.567. The molecule has 0 atom stereocenters. The highest BCUT2D eigenvalue weighted by molar-refractivity contribution is 5.97. The van der Waals surface area contributed by atoms with Gasteiger partial charge in [0.1, 0.15) is 5.60 Å². The predicted molar refractivity (Wildman–Crippen MR) is 119 cm³/mol. The average Bonchev–Trinajstić information content (AvgIpc) is 3.17. The molecule has 0 spiro atoms. The van der Waals surface area contributed by atoms with E-state index in [1.54, 1.807) is 0 Å². The zero-order valence-corrected chi connectivity index (χ0v) is 19.0. The number of amides is 2. The topological polar surface area (TPSA) is 87.7 Å². The van der Waals surface area contributed by atoms with Crippen LogP contribution >= 0.6 is 0 Å². The fourth-order valence-electron chi connectivity index (χ4n) is 4.21. The summed E-state index contributed by atoms with van der Waals surface area (Å²) in [5, 5.41) is 5.64. The molecule has 170 valence electrons. The third-order valence-corrected chi connectivity index (χ3v) is 5.77. The van der Waals surface area contributed by atoms with Crippen LogP contribution in [0.2, 0.25) is 0 Å². The number of carbonyl (C=O) groups is 3. The summed E-state index contributed by atoms with van der Waals surface area (Å²) in [6.07, 6.45) is 4.66. The molecule has 2 saturated heterocycles. The van der Waals surface area contributed by atoms with E-state index in [1.807, 2.05) is 20.8 Å². The van der Waals surface area contributed by atoms with E-state index in [4.69, 9.17) is 4.74 Å². The minimum absolute atomic E-state index is 0.0260. The fourth-order valence-corrected chi connectivity index (χ4v) is 4.21. The number of hydrogen-bond acceptors (Lipinski definition) is 6. The van der Waals surface area contributed by atoms with E-state index in [1.165, 1.54) is 16.8 Å². The van der Waals surface area contributed by atoms with E-state index in [-0.39, 0.29) is 29.3 Å². The second kappa shape index (κ2) is 10.3. The Morgan fingerprint density at radius 3 is 2.35 bits per heavy atom. The van der Waals surface area contributed by atoms with Crippen molar-refractivity contribution in [1.82, 2.24) is 10.2 Å². The van der Waals surface area contributed by atoms with E-state index < -0.39 is 0 Å². The van der Waals surface area contributed by atoms with Crippen molar-refractivity contribution >= 4 is 23.5 Å². The van der Waals surface area contributed by atoms with Gasteiger partial charge in [-0.1, -0.05) is 12.1 Å². The number of nitrogens with zero attached hydrogens (tertiary/aromatic N) is 1. The van der Waals surface area contributed by atoms with E-state index in [9.17, 15) is 14.4 Å². The first kappa shape index (κ1) is 23.3. The fraction of sp³-hybridized carbons (Fsp3) is 0.625. The van der Waals surface area contributed by atoms with Crippen LogP contribution in [0.4, 0.5) is 5.69 Å². The second-order valence-corrected chi connectivity index (χ2v) is 9.53. The number of anilines is 1. The van der Waals surface area contributed by atoms with Crippen molar-refractivity contribution in [3.8, 4) is 0 Å². The number of likely N-dealkylation sites (tertiary alicyclic amines) is 1.